The molecule has 0 saturated heterocycles. The molecule has 0 aliphatic rings. The number of benzene rings is 2. The number of anilines is 1. The average Bonchev–Trinajstić information content (AvgIpc) is 2.38. The molecule has 0 bridgehead atoms. The van der Waals surface area contributed by atoms with E-state index in [1.807, 2.05) is 62.5 Å². The van der Waals surface area contributed by atoms with Gasteiger partial charge in [-0.25, -0.2) is 0 Å². The van der Waals surface area contributed by atoms with Crippen LogP contribution in [0.3, 0.4) is 0 Å². The molecule has 0 fully saturated rings. The third kappa shape index (κ3) is 2.91. The van der Waals surface area contributed by atoms with Crippen LogP contribution in [0.15, 0.2) is 58.8 Å². The first-order chi connectivity index (χ1) is 8.29. The van der Waals surface area contributed by atoms with Gasteiger partial charge in [0.2, 0.25) is 0 Å². The largest absolute Gasteiger partial charge is 0.388 e. The minimum atomic E-state index is 0.854. The Labute approximate surface area is 101 Å². The van der Waals surface area contributed by atoms with Crippen LogP contribution in [0.25, 0.3) is 0 Å². The molecule has 86 valence electrons. The molecule has 17 heavy (non-hydrogen) atoms. The van der Waals surface area contributed by atoms with Gasteiger partial charge in [0.15, 0.2) is 0 Å². The van der Waals surface area contributed by atoms with Crippen LogP contribution >= 0.6 is 0 Å². The van der Waals surface area contributed by atoms with E-state index in [1.165, 1.54) is 0 Å². The summed E-state index contributed by atoms with van der Waals surface area (Å²) in [7, 11) is 1.89. The Morgan fingerprint density at radius 3 is 2.24 bits per heavy atom. The lowest BCUT2D eigenvalue weighted by atomic mass is 10.2. The van der Waals surface area contributed by atoms with Crippen molar-refractivity contribution in [3.63, 3.8) is 0 Å². The first-order valence-corrected chi connectivity index (χ1v) is 5.55. The number of nitrogens with one attached hydrogen (secondary N) is 1. The number of nitrogens with zero attached hydrogens (tertiary/aromatic N) is 2. The summed E-state index contributed by atoms with van der Waals surface area (Å²) in [6.45, 7) is 2.03. The molecule has 0 aliphatic heterocycles. The Bertz CT molecular complexity index is 515. The van der Waals surface area contributed by atoms with Crippen LogP contribution in [-0.4, -0.2) is 7.05 Å². The van der Waals surface area contributed by atoms with Crippen LogP contribution in [-0.2, 0) is 0 Å². The van der Waals surface area contributed by atoms with Crippen molar-refractivity contribution in [2.45, 2.75) is 6.92 Å². The first-order valence-electron chi connectivity index (χ1n) is 5.55. The Hall–Kier alpha value is -2.16. The third-order valence-electron chi connectivity index (χ3n) is 2.54. The van der Waals surface area contributed by atoms with Crippen molar-refractivity contribution < 1.29 is 0 Å². The van der Waals surface area contributed by atoms with Crippen LogP contribution in [0.2, 0.25) is 0 Å². The summed E-state index contributed by atoms with van der Waals surface area (Å²) in [5.74, 6) is 0. The Balaban J connectivity index is 2.17. The molecule has 0 aromatic heterocycles. The molecule has 0 spiro atoms. The molecule has 3 nitrogen and oxygen atoms in total. The fourth-order valence-corrected chi connectivity index (χ4v) is 1.48. The Morgan fingerprint density at radius 2 is 1.59 bits per heavy atom. The van der Waals surface area contributed by atoms with Crippen LogP contribution in [0, 0.1) is 6.92 Å². The zero-order valence-corrected chi connectivity index (χ0v) is 10.0. The lowest BCUT2D eigenvalue weighted by molar-refractivity contribution is 1.21. The number of hydrogen-bond donors (Lipinski definition) is 1. The van der Waals surface area contributed by atoms with Crippen molar-refractivity contribution in [1.82, 2.24) is 0 Å². The molecule has 0 amide bonds. The van der Waals surface area contributed by atoms with Gasteiger partial charge < -0.3 is 5.32 Å². The highest BCUT2D eigenvalue weighted by Crippen LogP contribution is 2.22. The number of hydrogen-bond acceptors (Lipinski definition) is 3. The predicted molar refractivity (Wildman–Crippen MR) is 71.3 cm³/mol. The number of rotatable bonds is 3. The molecular formula is C14H15N3. The summed E-state index contributed by atoms with van der Waals surface area (Å²) in [5, 5.41) is 11.5. The molecule has 0 radical (unpaired) electrons. The summed E-state index contributed by atoms with van der Waals surface area (Å²) in [4.78, 5) is 0. The second kappa shape index (κ2) is 5.25. The monoisotopic (exact) mass is 225 g/mol. The van der Waals surface area contributed by atoms with Gasteiger partial charge in [-0.05, 0) is 42.8 Å². The summed E-state index contributed by atoms with van der Waals surface area (Å²) in [6.07, 6.45) is 0. The van der Waals surface area contributed by atoms with Crippen molar-refractivity contribution >= 4 is 17.1 Å². The van der Waals surface area contributed by atoms with E-state index < -0.39 is 0 Å². The van der Waals surface area contributed by atoms with E-state index in [1.54, 1.807) is 0 Å². The minimum Gasteiger partial charge on any atom is -0.388 e. The van der Waals surface area contributed by atoms with Gasteiger partial charge in [-0.15, -0.1) is 0 Å². The van der Waals surface area contributed by atoms with E-state index >= 15 is 0 Å². The van der Waals surface area contributed by atoms with Crippen LogP contribution < -0.4 is 5.32 Å². The summed E-state index contributed by atoms with van der Waals surface area (Å²) in [6, 6.07) is 15.8. The fraction of sp³-hybridized carbons (Fsp3) is 0.143. The van der Waals surface area contributed by atoms with Gasteiger partial charge in [-0.1, -0.05) is 18.2 Å². The Morgan fingerprint density at radius 1 is 0.882 bits per heavy atom. The second-order valence-corrected chi connectivity index (χ2v) is 3.78. The van der Waals surface area contributed by atoms with E-state index in [-0.39, 0.29) is 0 Å². The van der Waals surface area contributed by atoms with Gasteiger partial charge in [0.05, 0.1) is 11.4 Å². The van der Waals surface area contributed by atoms with Crippen molar-refractivity contribution in [2.75, 3.05) is 12.4 Å². The van der Waals surface area contributed by atoms with Crippen molar-refractivity contribution in [3.8, 4) is 0 Å². The quantitative estimate of drug-likeness (QED) is 0.769. The predicted octanol–water partition coefficient (Wildman–Crippen LogP) is 4.45. The molecule has 2 aromatic carbocycles. The van der Waals surface area contributed by atoms with Gasteiger partial charge in [0.25, 0.3) is 0 Å². The maximum Gasteiger partial charge on any atom is 0.0886 e. The van der Waals surface area contributed by atoms with Crippen molar-refractivity contribution in [1.29, 1.82) is 0 Å². The summed E-state index contributed by atoms with van der Waals surface area (Å²) >= 11 is 0. The zero-order chi connectivity index (χ0) is 12.1. The van der Waals surface area contributed by atoms with E-state index in [2.05, 4.69) is 15.5 Å². The average molecular weight is 225 g/mol. The lowest BCUT2D eigenvalue weighted by Crippen LogP contribution is -1.85. The normalized spacial score (nSPS) is 10.7. The molecule has 0 heterocycles. The van der Waals surface area contributed by atoms with Gasteiger partial charge >= 0.3 is 0 Å². The van der Waals surface area contributed by atoms with Gasteiger partial charge in [-0.3, -0.25) is 0 Å². The van der Waals surface area contributed by atoms with Crippen molar-refractivity contribution in [2.24, 2.45) is 10.2 Å². The molecule has 0 saturated carbocycles. The lowest BCUT2D eigenvalue weighted by Gasteiger charge is -1.99. The smallest absolute Gasteiger partial charge is 0.0886 e. The van der Waals surface area contributed by atoms with E-state index in [4.69, 9.17) is 0 Å². The molecule has 0 unspecified atom stereocenters. The van der Waals surface area contributed by atoms with Crippen molar-refractivity contribution in [3.05, 3.63) is 54.1 Å². The van der Waals surface area contributed by atoms with E-state index in [0.29, 0.717) is 0 Å². The molecule has 0 atom stereocenters. The highest BCUT2D eigenvalue weighted by Gasteiger charge is 1.94. The fourth-order valence-electron chi connectivity index (χ4n) is 1.48. The molecule has 2 aromatic rings. The molecule has 1 N–H and O–H groups in total. The van der Waals surface area contributed by atoms with Crippen LogP contribution in [0.5, 0.6) is 0 Å². The SMILES string of the molecule is CNc1ccc(N=Nc2ccccc2C)cc1. The van der Waals surface area contributed by atoms with Gasteiger partial charge in [-0.2, -0.15) is 10.2 Å². The molecule has 2 rings (SSSR count). The topological polar surface area (TPSA) is 36.8 Å². The first kappa shape index (κ1) is 11.3. The highest BCUT2D eigenvalue weighted by atomic mass is 15.1. The molecular weight excluding hydrogens is 210 g/mol. The summed E-state index contributed by atoms with van der Waals surface area (Å²) < 4.78 is 0. The van der Waals surface area contributed by atoms with E-state index in [0.717, 1.165) is 22.6 Å². The Kier molecular flexibility index (Phi) is 3.50. The second-order valence-electron chi connectivity index (χ2n) is 3.78. The van der Waals surface area contributed by atoms with Gasteiger partial charge in [0, 0.05) is 12.7 Å². The maximum absolute atomic E-state index is 4.24. The maximum atomic E-state index is 4.24. The molecule has 0 aliphatic carbocycles. The van der Waals surface area contributed by atoms with Crippen LogP contribution in [0.1, 0.15) is 5.56 Å². The number of aryl methyl sites for hydroxylation is 1. The van der Waals surface area contributed by atoms with Crippen LogP contribution in [0.4, 0.5) is 17.1 Å². The minimum absolute atomic E-state index is 0.854. The van der Waals surface area contributed by atoms with E-state index in [9.17, 15) is 0 Å². The standard InChI is InChI=1S/C14H15N3/c1-11-5-3-4-6-14(11)17-16-13-9-7-12(15-2)8-10-13/h3-10,15H,1-2H3. The number of azo groups is 1. The zero-order valence-electron chi connectivity index (χ0n) is 10.0. The molecule has 3 heteroatoms. The third-order valence-corrected chi connectivity index (χ3v) is 2.54. The van der Waals surface area contributed by atoms with Gasteiger partial charge in [0.1, 0.15) is 0 Å². The summed E-state index contributed by atoms with van der Waals surface area (Å²) in [5.41, 5.74) is 3.96. The highest BCUT2D eigenvalue weighted by molar-refractivity contribution is 5.51.